The second-order valence-corrected chi connectivity index (χ2v) is 1.33. The predicted molar refractivity (Wildman–Crippen MR) is 28.3 cm³/mol. The molecule has 0 spiro atoms. The van der Waals surface area contributed by atoms with Crippen LogP contribution in [0.15, 0.2) is 11.8 Å². The summed E-state index contributed by atoms with van der Waals surface area (Å²) in [5.41, 5.74) is 0.0694. The maximum atomic E-state index is 10.2. The minimum absolute atomic E-state index is 0.0694. The van der Waals surface area contributed by atoms with Crippen LogP contribution in [0.2, 0.25) is 0 Å². The number of aliphatic hydroxyl groups excluding tert-OH is 1. The molecule has 1 N–H and O–H groups in total. The summed E-state index contributed by atoms with van der Waals surface area (Å²) in [5, 5.41) is 8.11. The fourth-order valence-electron chi connectivity index (χ4n) is 0.114. The van der Waals surface area contributed by atoms with Crippen LogP contribution in [0.3, 0.4) is 0 Å². The van der Waals surface area contributed by atoms with Gasteiger partial charge in [-0.25, -0.2) is 4.79 Å². The summed E-state index contributed by atoms with van der Waals surface area (Å²) in [6.45, 7) is 1.38. The Kier molecular flexibility index (Phi) is 3.03. The highest BCUT2D eigenvalue weighted by Crippen LogP contribution is 1.95. The number of hydrogen-bond acceptors (Lipinski definition) is 3. The Morgan fingerprint density at radius 2 is 2.38 bits per heavy atom. The van der Waals surface area contributed by atoms with E-state index in [1.165, 1.54) is 6.92 Å². The van der Waals surface area contributed by atoms with Crippen LogP contribution in [0.1, 0.15) is 6.92 Å². The van der Waals surface area contributed by atoms with E-state index >= 15 is 0 Å². The molecule has 0 radical (unpaired) electrons. The average Bonchev–Trinajstić information content (AvgIpc) is 1.84. The van der Waals surface area contributed by atoms with Gasteiger partial charge in [-0.05, 0) is 6.92 Å². The third-order valence-corrected chi connectivity index (χ3v) is 0.726. The van der Waals surface area contributed by atoms with E-state index in [0.717, 1.165) is 0 Å². The summed E-state index contributed by atoms with van der Waals surface area (Å²) in [5.74, 6) is -0.742. The summed E-state index contributed by atoms with van der Waals surface area (Å²) in [7, 11) is 0. The van der Waals surface area contributed by atoms with E-state index in [2.05, 4.69) is 16.2 Å². The Balaban J connectivity index is 3.83. The lowest BCUT2D eigenvalue weighted by molar-refractivity contribution is -0.129. The van der Waals surface area contributed by atoms with Gasteiger partial charge in [-0.1, -0.05) is 0 Å². The van der Waals surface area contributed by atoms with E-state index in [1.807, 2.05) is 0 Å². The van der Waals surface area contributed by atoms with Crippen LogP contribution < -0.4 is 0 Å². The zero-order valence-electron chi connectivity index (χ0n) is 4.22. The molecule has 3 nitrogen and oxygen atoms in total. The van der Waals surface area contributed by atoms with Crippen molar-refractivity contribution in [1.29, 1.82) is 0 Å². The highest BCUT2D eigenvalue weighted by atomic mass is 35.5. The molecule has 4 heteroatoms. The van der Waals surface area contributed by atoms with Gasteiger partial charge in [0, 0.05) is 0 Å². The first-order valence-corrected chi connectivity index (χ1v) is 2.17. The molecule has 0 aliphatic carbocycles. The molecule has 0 saturated carbocycles. The van der Waals surface area contributed by atoms with Crippen molar-refractivity contribution in [3.8, 4) is 0 Å². The van der Waals surface area contributed by atoms with Crippen LogP contribution in [0.25, 0.3) is 0 Å². The molecule has 46 valence electrons. The zero-order valence-corrected chi connectivity index (χ0v) is 4.97. The Bertz CT molecular complexity index is 118. The van der Waals surface area contributed by atoms with Crippen molar-refractivity contribution in [1.82, 2.24) is 0 Å². The quantitative estimate of drug-likeness (QED) is 0.435. The van der Waals surface area contributed by atoms with Crippen molar-refractivity contribution < 1.29 is 14.2 Å². The Hall–Kier alpha value is -0.700. The van der Waals surface area contributed by atoms with Crippen molar-refractivity contribution in [2.24, 2.45) is 0 Å². The van der Waals surface area contributed by atoms with E-state index in [4.69, 9.17) is 5.11 Å². The molecule has 0 fully saturated rings. The van der Waals surface area contributed by atoms with Crippen molar-refractivity contribution >= 4 is 17.8 Å². The lowest BCUT2D eigenvalue weighted by Crippen LogP contribution is -1.97. The largest absolute Gasteiger partial charge is 0.515 e. The molecule has 0 aromatic rings. The Morgan fingerprint density at radius 1 is 1.88 bits per heavy atom. The van der Waals surface area contributed by atoms with E-state index in [9.17, 15) is 4.79 Å². The lowest BCUT2D eigenvalue weighted by Gasteiger charge is -1.89. The minimum Gasteiger partial charge on any atom is -0.515 e. The first-order chi connectivity index (χ1) is 3.72. The van der Waals surface area contributed by atoms with Gasteiger partial charge < -0.3 is 9.40 Å². The van der Waals surface area contributed by atoms with Gasteiger partial charge in [-0.2, -0.15) is 0 Å². The van der Waals surface area contributed by atoms with Crippen molar-refractivity contribution in [3.05, 3.63) is 11.8 Å². The van der Waals surface area contributed by atoms with Crippen LogP contribution in [0.5, 0.6) is 0 Å². The predicted octanol–water partition coefficient (Wildman–Crippen LogP) is 1.15. The third kappa shape index (κ3) is 1.84. The van der Waals surface area contributed by atoms with Gasteiger partial charge in [0.2, 0.25) is 0 Å². The molecular weight excluding hydrogens is 131 g/mol. The van der Waals surface area contributed by atoms with Crippen LogP contribution >= 0.6 is 11.9 Å². The number of aliphatic hydroxyl groups is 1. The van der Waals surface area contributed by atoms with Crippen LogP contribution in [-0.2, 0) is 9.08 Å². The maximum absolute atomic E-state index is 10.2. The fraction of sp³-hybridized carbons (Fsp3) is 0.250. The van der Waals surface area contributed by atoms with Gasteiger partial charge in [0.15, 0.2) is 0 Å². The summed E-state index contributed by atoms with van der Waals surface area (Å²) in [6, 6.07) is 0. The highest BCUT2D eigenvalue weighted by Gasteiger charge is 2.02. The summed E-state index contributed by atoms with van der Waals surface area (Å²) in [6.07, 6.45) is 0.630. The monoisotopic (exact) mass is 136 g/mol. The molecule has 0 rings (SSSR count). The number of halogens is 1. The second-order valence-electron chi connectivity index (χ2n) is 1.18. The van der Waals surface area contributed by atoms with E-state index in [0.29, 0.717) is 6.26 Å². The Labute approximate surface area is 51.7 Å². The van der Waals surface area contributed by atoms with Gasteiger partial charge in [-0.3, -0.25) is 0 Å². The molecule has 8 heavy (non-hydrogen) atoms. The molecule has 0 aliphatic heterocycles. The number of carbonyl (C=O) groups excluding carboxylic acids is 1. The number of rotatable bonds is 1. The standard InChI is InChI=1S/C4H5ClO3/c1-3(2-6)4(7)8-5/h2,6H,1H3. The molecule has 0 saturated heterocycles. The zero-order chi connectivity index (χ0) is 6.57. The first kappa shape index (κ1) is 7.30. The molecule has 0 unspecified atom stereocenters. The normalized spacial score (nSPS) is 11.0. The van der Waals surface area contributed by atoms with Crippen molar-refractivity contribution in [2.75, 3.05) is 0 Å². The smallest absolute Gasteiger partial charge is 0.354 e. The minimum atomic E-state index is -0.742. The number of carbonyl (C=O) groups is 1. The van der Waals surface area contributed by atoms with Gasteiger partial charge in [0.05, 0.1) is 11.8 Å². The number of hydrogen-bond donors (Lipinski definition) is 1. The highest BCUT2D eigenvalue weighted by molar-refractivity contribution is 6.15. The topological polar surface area (TPSA) is 46.5 Å². The molecular formula is C4H5ClO3. The van der Waals surface area contributed by atoms with Gasteiger partial charge in [0.25, 0.3) is 0 Å². The second kappa shape index (κ2) is 3.32. The fourth-order valence-corrected chi connectivity index (χ4v) is 0.235. The third-order valence-electron chi connectivity index (χ3n) is 0.586. The molecule has 0 atom stereocenters. The lowest BCUT2D eigenvalue weighted by atomic mass is 10.4. The van der Waals surface area contributed by atoms with Crippen LogP contribution in [0.4, 0.5) is 0 Å². The van der Waals surface area contributed by atoms with Crippen molar-refractivity contribution in [3.63, 3.8) is 0 Å². The van der Waals surface area contributed by atoms with Crippen LogP contribution in [0, 0.1) is 0 Å². The van der Waals surface area contributed by atoms with Crippen molar-refractivity contribution in [2.45, 2.75) is 6.92 Å². The molecule has 0 bridgehead atoms. The molecule has 0 heterocycles. The van der Waals surface area contributed by atoms with E-state index in [1.54, 1.807) is 0 Å². The molecule has 0 aliphatic rings. The summed E-state index contributed by atoms with van der Waals surface area (Å²) < 4.78 is 3.71. The molecule has 0 amide bonds. The molecule has 0 aromatic carbocycles. The SMILES string of the molecule is CC(=CO)C(=O)OCl. The van der Waals surface area contributed by atoms with Gasteiger partial charge in [-0.15, -0.1) is 0 Å². The maximum Gasteiger partial charge on any atom is 0.354 e. The van der Waals surface area contributed by atoms with E-state index in [-0.39, 0.29) is 5.57 Å². The average molecular weight is 137 g/mol. The van der Waals surface area contributed by atoms with Crippen LogP contribution in [-0.4, -0.2) is 11.1 Å². The first-order valence-electron chi connectivity index (χ1n) is 1.86. The summed E-state index contributed by atoms with van der Waals surface area (Å²) >= 11 is 4.62. The summed E-state index contributed by atoms with van der Waals surface area (Å²) in [4.78, 5) is 10.2. The Morgan fingerprint density at radius 3 is 2.50 bits per heavy atom. The van der Waals surface area contributed by atoms with E-state index < -0.39 is 5.97 Å². The van der Waals surface area contributed by atoms with Gasteiger partial charge in [0.1, 0.15) is 11.9 Å². The molecule has 0 aromatic heterocycles. The van der Waals surface area contributed by atoms with Gasteiger partial charge >= 0.3 is 5.97 Å².